The summed E-state index contributed by atoms with van der Waals surface area (Å²) in [6.07, 6.45) is 1.85. The lowest BCUT2D eigenvalue weighted by Crippen LogP contribution is -2.41. The fourth-order valence-electron chi connectivity index (χ4n) is 3.02. The maximum atomic E-state index is 10.2. The molecule has 2 aliphatic rings. The first kappa shape index (κ1) is 14.0. The van der Waals surface area contributed by atoms with Gasteiger partial charge in [0.05, 0.1) is 37.9 Å². The van der Waals surface area contributed by atoms with Gasteiger partial charge in [-0.3, -0.25) is 0 Å². The SMILES string of the molecule is OC1CCC(OCc2ccccc2)C1C1OCCCO1. The van der Waals surface area contributed by atoms with E-state index in [4.69, 9.17) is 14.2 Å². The van der Waals surface area contributed by atoms with Crippen LogP contribution in [-0.4, -0.2) is 36.8 Å². The molecule has 1 aliphatic carbocycles. The molecular weight excluding hydrogens is 256 g/mol. The van der Waals surface area contributed by atoms with Gasteiger partial charge in [0.2, 0.25) is 0 Å². The van der Waals surface area contributed by atoms with Crippen LogP contribution in [0.5, 0.6) is 0 Å². The summed E-state index contributed by atoms with van der Waals surface area (Å²) in [6.45, 7) is 1.99. The maximum Gasteiger partial charge on any atom is 0.165 e. The zero-order valence-electron chi connectivity index (χ0n) is 11.6. The molecule has 0 radical (unpaired) electrons. The highest BCUT2D eigenvalue weighted by Crippen LogP contribution is 2.34. The van der Waals surface area contributed by atoms with Crippen molar-refractivity contribution >= 4 is 0 Å². The van der Waals surface area contributed by atoms with Crippen LogP contribution < -0.4 is 0 Å². The number of aliphatic hydroxyl groups excluding tert-OH is 1. The van der Waals surface area contributed by atoms with Crippen LogP contribution in [0.2, 0.25) is 0 Å². The molecular formula is C16H22O4. The number of ether oxygens (including phenoxy) is 3. The fourth-order valence-corrected chi connectivity index (χ4v) is 3.02. The maximum absolute atomic E-state index is 10.2. The van der Waals surface area contributed by atoms with E-state index in [2.05, 4.69) is 0 Å². The number of benzene rings is 1. The predicted octanol–water partition coefficient (Wildman–Crippen LogP) is 2.11. The minimum atomic E-state index is -0.390. The second-order valence-corrected chi connectivity index (χ2v) is 5.52. The summed E-state index contributed by atoms with van der Waals surface area (Å²) >= 11 is 0. The van der Waals surface area contributed by atoms with E-state index in [1.807, 2.05) is 30.3 Å². The van der Waals surface area contributed by atoms with E-state index >= 15 is 0 Å². The molecule has 0 bridgehead atoms. The van der Waals surface area contributed by atoms with Gasteiger partial charge < -0.3 is 19.3 Å². The van der Waals surface area contributed by atoms with E-state index in [9.17, 15) is 5.11 Å². The van der Waals surface area contributed by atoms with Gasteiger partial charge in [-0.05, 0) is 24.8 Å². The van der Waals surface area contributed by atoms with Crippen LogP contribution >= 0.6 is 0 Å². The van der Waals surface area contributed by atoms with Crippen LogP contribution in [0.15, 0.2) is 30.3 Å². The Morgan fingerprint density at radius 2 is 1.85 bits per heavy atom. The molecule has 2 fully saturated rings. The smallest absolute Gasteiger partial charge is 0.165 e. The van der Waals surface area contributed by atoms with Gasteiger partial charge in [-0.2, -0.15) is 0 Å². The Morgan fingerprint density at radius 3 is 2.60 bits per heavy atom. The summed E-state index contributed by atoms with van der Waals surface area (Å²) in [4.78, 5) is 0. The molecule has 4 nitrogen and oxygen atoms in total. The lowest BCUT2D eigenvalue weighted by Gasteiger charge is -2.33. The van der Waals surface area contributed by atoms with Gasteiger partial charge in [-0.25, -0.2) is 0 Å². The van der Waals surface area contributed by atoms with Crippen molar-refractivity contribution in [2.24, 2.45) is 5.92 Å². The summed E-state index contributed by atoms with van der Waals surface area (Å²) in [7, 11) is 0. The predicted molar refractivity (Wildman–Crippen MR) is 74.1 cm³/mol. The van der Waals surface area contributed by atoms with Crippen molar-refractivity contribution in [3.05, 3.63) is 35.9 Å². The van der Waals surface area contributed by atoms with Gasteiger partial charge >= 0.3 is 0 Å². The molecule has 0 aromatic heterocycles. The lowest BCUT2D eigenvalue weighted by molar-refractivity contribution is -0.233. The standard InChI is InChI=1S/C16H22O4/c17-13-7-8-14(15(13)16-18-9-4-10-19-16)20-11-12-5-2-1-3-6-12/h1-3,5-6,13-17H,4,7-11H2. The normalized spacial score (nSPS) is 31.6. The van der Waals surface area contributed by atoms with Crippen molar-refractivity contribution < 1.29 is 19.3 Å². The molecule has 0 spiro atoms. The van der Waals surface area contributed by atoms with Gasteiger partial charge in [-0.1, -0.05) is 30.3 Å². The summed E-state index contributed by atoms with van der Waals surface area (Å²) in [5.41, 5.74) is 1.15. The zero-order valence-corrected chi connectivity index (χ0v) is 11.6. The van der Waals surface area contributed by atoms with E-state index in [1.165, 1.54) is 0 Å². The largest absolute Gasteiger partial charge is 0.393 e. The van der Waals surface area contributed by atoms with Crippen molar-refractivity contribution in [1.82, 2.24) is 0 Å². The molecule has 1 saturated heterocycles. The first-order valence-electron chi connectivity index (χ1n) is 7.41. The average Bonchev–Trinajstić information content (AvgIpc) is 2.88. The Kier molecular flexibility index (Phi) is 4.68. The van der Waals surface area contributed by atoms with Gasteiger partial charge in [0.1, 0.15) is 0 Å². The van der Waals surface area contributed by atoms with Gasteiger partial charge in [0.25, 0.3) is 0 Å². The van der Waals surface area contributed by atoms with Crippen molar-refractivity contribution in [2.75, 3.05) is 13.2 Å². The molecule has 1 aliphatic heterocycles. The van der Waals surface area contributed by atoms with Crippen molar-refractivity contribution in [1.29, 1.82) is 0 Å². The van der Waals surface area contributed by atoms with E-state index in [0.29, 0.717) is 19.8 Å². The first-order valence-corrected chi connectivity index (χ1v) is 7.41. The molecule has 1 heterocycles. The third kappa shape index (κ3) is 3.20. The minimum absolute atomic E-state index is 0.00769. The highest BCUT2D eigenvalue weighted by molar-refractivity contribution is 5.13. The highest BCUT2D eigenvalue weighted by atomic mass is 16.7. The van der Waals surface area contributed by atoms with Crippen LogP contribution in [-0.2, 0) is 20.8 Å². The Hall–Kier alpha value is -0.940. The number of hydrogen-bond acceptors (Lipinski definition) is 4. The van der Waals surface area contributed by atoms with E-state index in [0.717, 1.165) is 24.8 Å². The molecule has 1 N–H and O–H groups in total. The molecule has 3 atom stereocenters. The third-order valence-corrected chi connectivity index (χ3v) is 4.09. The quantitative estimate of drug-likeness (QED) is 0.916. The molecule has 1 aromatic rings. The second-order valence-electron chi connectivity index (χ2n) is 5.52. The lowest BCUT2D eigenvalue weighted by atomic mass is 10.0. The van der Waals surface area contributed by atoms with Crippen LogP contribution in [0.1, 0.15) is 24.8 Å². The summed E-state index contributed by atoms with van der Waals surface area (Å²) in [6, 6.07) is 10.1. The molecule has 4 heteroatoms. The Bertz CT molecular complexity index is 402. The molecule has 20 heavy (non-hydrogen) atoms. The minimum Gasteiger partial charge on any atom is -0.393 e. The van der Waals surface area contributed by atoms with Crippen LogP contribution in [0.3, 0.4) is 0 Å². The molecule has 3 rings (SSSR count). The molecule has 3 unspecified atom stereocenters. The topological polar surface area (TPSA) is 47.9 Å². The number of hydrogen-bond donors (Lipinski definition) is 1. The second kappa shape index (κ2) is 6.68. The molecule has 110 valence electrons. The van der Waals surface area contributed by atoms with Crippen LogP contribution in [0, 0.1) is 5.92 Å². The summed E-state index contributed by atoms with van der Waals surface area (Å²) in [5, 5.41) is 10.2. The third-order valence-electron chi connectivity index (χ3n) is 4.09. The van der Waals surface area contributed by atoms with Crippen LogP contribution in [0.4, 0.5) is 0 Å². The zero-order chi connectivity index (χ0) is 13.8. The van der Waals surface area contributed by atoms with Crippen molar-refractivity contribution in [3.8, 4) is 0 Å². The highest BCUT2D eigenvalue weighted by Gasteiger charge is 2.43. The molecule has 0 amide bonds. The average molecular weight is 278 g/mol. The monoisotopic (exact) mass is 278 g/mol. The van der Waals surface area contributed by atoms with Gasteiger partial charge in [0.15, 0.2) is 6.29 Å². The summed E-state index contributed by atoms with van der Waals surface area (Å²) < 4.78 is 17.3. The van der Waals surface area contributed by atoms with Crippen LogP contribution in [0.25, 0.3) is 0 Å². The Labute approximate surface area is 119 Å². The first-order chi connectivity index (χ1) is 9.84. The van der Waals surface area contributed by atoms with Crippen molar-refractivity contribution in [3.63, 3.8) is 0 Å². The fraction of sp³-hybridized carbons (Fsp3) is 0.625. The molecule has 1 saturated carbocycles. The van der Waals surface area contributed by atoms with E-state index in [1.54, 1.807) is 0 Å². The van der Waals surface area contributed by atoms with Crippen molar-refractivity contribution in [2.45, 2.75) is 44.4 Å². The van der Waals surface area contributed by atoms with Gasteiger partial charge in [-0.15, -0.1) is 0 Å². The summed E-state index contributed by atoms with van der Waals surface area (Å²) in [5.74, 6) is -0.0704. The Morgan fingerprint density at radius 1 is 1.10 bits per heavy atom. The number of aliphatic hydroxyl groups is 1. The van der Waals surface area contributed by atoms with E-state index in [-0.39, 0.29) is 24.4 Å². The number of rotatable bonds is 4. The van der Waals surface area contributed by atoms with E-state index < -0.39 is 0 Å². The Balaban J connectivity index is 1.59. The molecule has 1 aromatic carbocycles. The van der Waals surface area contributed by atoms with Gasteiger partial charge in [0, 0.05) is 0 Å².